The van der Waals surface area contributed by atoms with E-state index in [2.05, 4.69) is 5.32 Å². The summed E-state index contributed by atoms with van der Waals surface area (Å²) in [5.74, 6) is -1.41. The quantitative estimate of drug-likeness (QED) is 0.131. The lowest BCUT2D eigenvalue weighted by atomic mass is 10.0. The van der Waals surface area contributed by atoms with Crippen molar-refractivity contribution in [3.63, 3.8) is 0 Å². The van der Waals surface area contributed by atoms with Crippen LogP contribution in [0.3, 0.4) is 0 Å². The van der Waals surface area contributed by atoms with Gasteiger partial charge in [0.05, 0.1) is 21.2 Å². The van der Waals surface area contributed by atoms with Gasteiger partial charge in [0.25, 0.3) is 10.0 Å². The van der Waals surface area contributed by atoms with E-state index in [1.165, 1.54) is 35.2 Å². The average molecular weight is 755 g/mol. The normalized spacial score (nSPS) is 12.3. The van der Waals surface area contributed by atoms with E-state index in [0.29, 0.717) is 45.6 Å². The third kappa shape index (κ3) is 9.91. The summed E-state index contributed by atoms with van der Waals surface area (Å²) in [6.45, 7) is 1.01. The van der Waals surface area contributed by atoms with Crippen molar-refractivity contribution in [1.29, 1.82) is 0 Å². The third-order valence-corrected chi connectivity index (χ3v) is 10.3. The van der Waals surface area contributed by atoms with Crippen molar-refractivity contribution in [2.24, 2.45) is 0 Å². The van der Waals surface area contributed by atoms with E-state index in [0.717, 1.165) is 12.5 Å². The Bertz CT molecular complexity index is 1860. The summed E-state index contributed by atoms with van der Waals surface area (Å²) in [7, 11) is -4.69. The van der Waals surface area contributed by atoms with Crippen LogP contribution in [0.1, 0.15) is 36.5 Å². The van der Waals surface area contributed by atoms with Gasteiger partial charge in [-0.05, 0) is 60.0 Å². The fourth-order valence-electron chi connectivity index (χ4n) is 5.01. The number of halogens is 6. The number of alkyl halides is 3. The Morgan fingerprint density at radius 3 is 2.12 bits per heavy atom. The molecule has 0 saturated carbocycles. The summed E-state index contributed by atoms with van der Waals surface area (Å²) in [5.41, 5.74) is -0.638. The lowest BCUT2D eigenvalue weighted by molar-refractivity contribution is -0.140. The van der Waals surface area contributed by atoms with Gasteiger partial charge < -0.3 is 10.2 Å². The zero-order valence-electron chi connectivity index (χ0n) is 26.3. The first kappa shape index (κ1) is 38.0. The highest BCUT2D eigenvalue weighted by Crippen LogP contribution is 2.37. The second-order valence-corrected chi connectivity index (χ2v) is 14.2. The summed E-state index contributed by atoms with van der Waals surface area (Å²) in [6, 6.07) is 21.4. The number of carbonyl (C=O) groups excluding carboxylic acids is 2. The maximum atomic E-state index is 14.6. The fraction of sp³-hybridized carbons (Fsp3) is 0.257. The first-order valence-electron chi connectivity index (χ1n) is 15.2. The molecule has 0 bridgehead atoms. The lowest BCUT2D eigenvalue weighted by Crippen LogP contribution is -2.53. The monoisotopic (exact) mass is 753 g/mol. The van der Waals surface area contributed by atoms with Crippen LogP contribution in [0, 0.1) is 0 Å². The van der Waals surface area contributed by atoms with E-state index in [4.69, 9.17) is 34.8 Å². The topological polar surface area (TPSA) is 86.8 Å². The number of nitrogens with zero attached hydrogens (tertiary/aromatic N) is 2. The molecule has 0 fully saturated rings. The highest BCUT2D eigenvalue weighted by molar-refractivity contribution is 7.92. The zero-order chi connectivity index (χ0) is 35.8. The molecule has 0 aliphatic rings. The minimum Gasteiger partial charge on any atom is -0.354 e. The maximum absolute atomic E-state index is 14.6. The van der Waals surface area contributed by atoms with Crippen LogP contribution >= 0.6 is 34.8 Å². The molecule has 260 valence electrons. The molecule has 0 unspecified atom stereocenters. The fourth-order valence-corrected chi connectivity index (χ4v) is 7.19. The standard InChI is InChI=1S/C35H33Cl3F3N3O4S/c1-2-3-18-42-34(46)32(19-24-10-6-4-7-11-24)43(22-25-14-16-27(36)21-30(25)38)33(45)23-44(49(47,48)28-12-8-5-9-13-28)31-20-26(35(39,40)41)15-17-29(31)37/h4-17,20-21,32H,2-3,18-19,22-23H2,1H3,(H,42,46)/t32-/m1/s1. The predicted octanol–water partition coefficient (Wildman–Crippen LogP) is 8.42. The van der Waals surface area contributed by atoms with Crippen molar-refractivity contribution in [1.82, 2.24) is 10.2 Å². The smallest absolute Gasteiger partial charge is 0.354 e. The van der Waals surface area contributed by atoms with Crippen LogP contribution in [-0.4, -0.2) is 44.3 Å². The number of benzene rings is 4. The summed E-state index contributed by atoms with van der Waals surface area (Å²) >= 11 is 19.0. The van der Waals surface area contributed by atoms with E-state index < -0.39 is 51.9 Å². The molecule has 4 aromatic carbocycles. The van der Waals surface area contributed by atoms with E-state index >= 15 is 0 Å². The molecule has 4 rings (SSSR count). The van der Waals surface area contributed by atoms with Gasteiger partial charge in [0.1, 0.15) is 12.6 Å². The molecule has 0 heterocycles. The van der Waals surface area contributed by atoms with Crippen molar-refractivity contribution in [2.75, 3.05) is 17.4 Å². The molecular formula is C35H33Cl3F3N3O4S. The van der Waals surface area contributed by atoms with Gasteiger partial charge in [-0.2, -0.15) is 13.2 Å². The Labute approximate surface area is 298 Å². The van der Waals surface area contributed by atoms with Crippen LogP contribution in [0.4, 0.5) is 18.9 Å². The number of hydrogen-bond donors (Lipinski definition) is 1. The number of hydrogen-bond acceptors (Lipinski definition) is 4. The highest BCUT2D eigenvalue weighted by atomic mass is 35.5. The van der Waals surface area contributed by atoms with Gasteiger partial charge in [0.15, 0.2) is 0 Å². The molecule has 1 atom stereocenters. The molecule has 0 aromatic heterocycles. The van der Waals surface area contributed by atoms with E-state index in [9.17, 15) is 31.2 Å². The van der Waals surface area contributed by atoms with Crippen LogP contribution in [0.5, 0.6) is 0 Å². The second kappa shape index (κ2) is 16.8. The molecular weight excluding hydrogens is 722 g/mol. The van der Waals surface area contributed by atoms with Crippen LogP contribution in [0.15, 0.2) is 102 Å². The van der Waals surface area contributed by atoms with Gasteiger partial charge in [-0.25, -0.2) is 8.42 Å². The first-order valence-corrected chi connectivity index (χ1v) is 17.8. The molecule has 14 heteroatoms. The molecule has 49 heavy (non-hydrogen) atoms. The Kier molecular flexibility index (Phi) is 13.0. The number of unbranched alkanes of at least 4 members (excludes halogenated alkanes) is 1. The van der Waals surface area contributed by atoms with Gasteiger partial charge in [-0.15, -0.1) is 0 Å². The van der Waals surface area contributed by atoms with Gasteiger partial charge in [0, 0.05) is 29.6 Å². The molecule has 4 aromatic rings. The molecule has 0 saturated heterocycles. The number of nitrogens with one attached hydrogen (secondary N) is 1. The van der Waals surface area contributed by atoms with E-state index in [-0.39, 0.29) is 27.9 Å². The minimum atomic E-state index is -4.85. The third-order valence-electron chi connectivity index (χ3n) is 7.61. The number of rotatable bonds is 14. The average Bonchev–Trinajstić information content (AvgIpc) is 3.06. The van der Waals surface area contributed by atoms with Crippen LogP contribution in [-0.2, 0) is 38.8 Å². The summed E-state index contributed by atoms with van der Waals surface area (Å²) < 4.78 is 70.4. The van der Waals surface area contributed by atoms with E-state index in [1.54, 1.807) is 48.5 Å². The molecule has 2 amide bonds. The minimum absolute atomic E-state index is 0.0332. The predicted molar refractivity (Wildman–Crippen MR) is 186 cm³/mol. The molecule has 1 N–H and O–H groups in total. The van der Waals surface area contributed by atoms with Crippen molar-refractivity contribution in [3.8, 4) is 0 Å². The highest BCUT2D eigenvalue weighted by Gasteiger charge is 2.37. The Hall–Kier alpha value is -3.77. The molecule has 0 aliphatic carbocycles. The second-order valence-electron chi connectivity index (χ2n) is 11.1. The van der Waals surface area contributed by atoms with Gasteiger partial charge >= 0.3 is 6.18 Å². The molecule has 0 spiro atoms. The van der Waals surface area contributed by atoms with Crippen LogP contribution < -0.4 is 9.62 Å². The van der Waals surface area contributed by atoms with Crippen LogP contribution in [0.2, 0.25) is 15.1 Å². The summed E-state index contributed by atoms with van der Waals surface area (Å²) in [4.78, 5) is 29.3. The van der Waals surface area contributed by atoms with Gasteiger partial charge in [-0.3, -0.25) is 13.9 Å². The van der Waals surface area contributed by atoms with Gasteiger partial charge in [0.2, 0.25) is 11.8 Å². The van der Waals surface area contributed by atoms with Crippen molar-refractivity contribution in [2.45, 2.75) is 49.8 Å². The van der Waals surface area contributed by atoms with Crippen molar-refractivity contribution in [3.05, 3.63) is 129 Å². The van der Waals surface area contributed by atoms with E-state index in [1.807, 2.05) is 6.92 Å². The number of carbonyl (C=O) groups is 2. The summed E-state index contributed by atoms with van der Waals surface area (Å²) in [5, 5.41) is 3.02. The SMILES string of the molecule is CCCCNC(=O)[C@@H](Cc1ccccc1)N(Cc1ccc(Cl)cc1Cl)C(=O)CN(c1cc(C(F)(F)F)ccc1Cl)S(=O)(=O)c1ccccc1. The van der Waals surface area contributed by atoms with Gasteiger partial charge in [-0.1, -0.05) is 103 Å². The number of amides is 2. The Morgan fingerprint density at radius 1 is 0.857 bits per heavy atom. The largest absolute Gasteiger partial charge is 0.416 e. The summed E-state index contributed by atoms with van der Waals surface area (Å²) in [6.07, 6.45) is -3.36. The van der Waals surface area contributed by atoms with Crippen molar-refractivity contribution < 1.29 is 31.2 Å². The maximum Gasteiger partial charge on any atom is 0.416 e. The van der Waals surface area contributed by atoms with Crippen molar-refractivity contribution >= 4 is 62.3 Å². The Balaban J connectivity index is 1.87. The Morgan fingerprint density at radius 2 is 1.51 bits per heavy atom. The lowest BCUT2D eigenvalue weighted by Gasteiger charge is -2.34. The zero-order valence-corrected chi connectivity index (χ0v) is 29.3. The molecule has 0 aliphatic heterocycles. The molecule has 0 radical (unpaired) electrons. The first-order chi connectivity index (χ1) is 23.2. The van der Waals surface area contributed by atoms with Crippen LogP contribution in [0.25, 0.3) is 0 Å². The number of sulfonamides is 1. The molecule has 7 nitrogen and oxygen atoms in total. The number of anilines is 1.